The summed E-state index contributed by atoms with van der Waals surface area (Å²) in [5, 5.41) is 14.6. The molecule has 1 aliphatic rings. The van der Waals surface area contributed by atoms with Crippen LogP contribution in [-0.4, -0.2) is 42.1 Å². The summed E-state index contributed by atoms with van der Waals surface area (Å²) in [5.74, 6) is -1.37. The number of benzene rings is 1. The van der Waals surface area contributed by atoms with E-state index in [0.717, 1.165) is 24.8 Å². The molecular formula is C23H32N2O5. The summed E-state index contributed by atoms with van der Waals surface area (Å²) in [5.41, 5.74) is 0.809. The molecule has 0 spiro atoms. The first-order chi connectivity index (χ1) is 14.5. The van der Waals surface area contributed by atoms with Crippen molar-refractivity contribution in [2.45, 2.75) is 57.6 Å². The highest BCUT2D eigenvalue weighted by Crippen LogP contribution is 2.19. The molecule has 7 nitrogen and oxygen atoms in total. The Hall–Kier alpha value is -2.67. The van der Waals surface area contributed by atoms with Gasteiger partial charge in [-0.3, -0.25) is 14.4 Å². The normalized spacial score (nSPS) is 22.3. The third-order valence-corrected chi connectivity index (χ3v) is 4.98. The molecule has 3 N–H and O–H groups in total. The standard InChI is InChI=1S/C23H32N2O5/c1-17(16-26)25-21(27)14-19-12-6-3-2-4-9-13-22(28)30-20(15-24-23(19)29)18-10-7-5-8-11-18/h3,5-8,10-11,17,19-20,26H,2,4,9,12-16H2,1H3,(H,24,29)(H,25,27)/t17-,19+,20-/m0/s1. The summed E-state index contributed by atoms with van der Waals surface area (Å²) in [6.07, 6.45) is 6.54. The summed E-state index contributed by atoms with van der Waals surface area (Å²) in [4.78, 5) is 37.3. The fraction of sp³-hybridized carbons (Fsp3) is 0.522. The molecule has 2 amide bonds. The molecule has 7 heteroatoms. The molecule has 0 saturated carbocycles. The van der Waals surface area contributed by atoms with Gasteiger partial charge < -0.3 is 20.5 Å². The van der Waals surface area contributed by atoms with Crippen LogP contribution >= 0.6 is 0 Å². The average Bonchev–Trinajstić information content (AvgIpc) is 2.74. The van der Waals surface area contributed by atoms with Crippen molar-refractivity contribution in [1.29, 1.82) is 0 Å². The van der Waals surface area contributed by atoms with Crippen molar-refractivity contribution in [3.8, 4) is 0 Å². The van der Waals surface area contributed by atoms with E-state index in [1.807, 2.05) is 42.5 Å². The van der Waals surface area contributed by atoms with Crippen LogP contribution in [0.5, 0.6) is 0 Å². The number of aliphatic hydroxyl groups excluding tert-OH is 1. The molecule has 0 fully saturated rings. The molecule has 1 heterocycles. The first-order valence-electron chi connectivity index (χ1n) is 10.6. The quantitative estimate of drug-likeness (QED) is 0.505. The highest BCUT2D eigenvalue weighted by atomic mass is 16.5. The Morgan fingerprint density at radius 3 is 2.73 bits per heavy atom. The Balaban J connectivity index is 2.11. The number of esters is 1. The lowest BCUT2D eigenvalue weighted by Crippen LogP contribution is -2.40. The van der Waals surface area contributed by atoms with Crippen LogP contribution in [0.25, 0.3) is 0 Å². The fourth-order valence-electron chi connectivity index (χ4n) is 3.25. The lowest BCUT2D eigenvalue weighted by molar-refractivity contribution is -0.150. The molecule has 0 saturated heterocycles. The molecule has 1 aliphatic heterocycles. The van der Waals surface area contributed by atoms with E-state index in [1.165, 1.54) is 0 Å². The van der Waals surface area contributed by atoms with Gasteiger partial charge in [0.25, 0.3) is 0 Å². The number of cyclic esters (lactones) is 1. The van der Waals surface area contributed by atoms with Crippen molar-refractivity contribution in [3.63, 3.8) is 0 Å². The summed E-state index contributed by atoms with van der Waals surface area (Å²) in [7, 11) is 0. The predicted molar refractivity (Wildman–Crippen MR) is 113 cm³/mol. The van der Waals surface area contributed by atoms with E-state index in [9.17, 15) is 14.4 Å². The third kappa shape index (κ3) is 8.37. The monoisotopic (exact) mass is 416 g/mol. The molecule has 30 heavy (non-hydrogen) atoms. The zero-order valence-electron chi connectivity index (χ0n) is 17.5. The number of hydrogen-bond acceptors (Lipinski definition) is 5. The van der Waals surface area contributed by atoms with Gasteiger partial charge in [0, 0.05) is 18.9 Å². The number of nitrogens with one attached hydrogen (secondary N) is 2. The predicted octanol–water partition coefficient (Wildman–Crippen LogP) is 2.41. The highest BCUT2D eigenvalue weighted by Gasteiger charge is 2.24. The Labute approximate surface area is 177 Å². The molecular weight excluding hydrogens is 384 g/mol. The maximum absolute atomic E-state index is 12.8. The molecule has 0 aromatic heterocycles. The molecule has 3 atom stereocenters. The second-order valence-corrected chi connectivity index (χ2v) is 7.64. The molecule has 0 radical (unpaired) electrons. The smallest absolute Gasteiger partial charge is 0.306 e. The molecule has 164 valence electrons. The zero-order chi connectivity index (χ0) is 21.8. The van der Waals surface area contributed by atoms with Gasteiger partial charge in [-0.2, -0.15) is 0 Å². The second-order valence-electron chi connectivity index (χ2n) is 7.64. The number of rotatable bonds is 5. The topological polar surface area (TPSA) is 105 Å². The van der Waals surface area contributed by atoms with Crippen LogP contribution in [0.4, 0.5) is 0 Å². The van der Waals surface area contributed by atoms with Gasteiger partial charge in [-0.05, 0) is 38.2 Å². The van der Waals surface area contributed by atoms with Crippen LogP contribution in [-0.2, 0) is 19.1 Å². The number of allylic oxidation sites excluding steroid dienone is 2. The molecule has 0 bridgehead atoms. The SMILES string of the molecule is C[C@@H](CO)NC(=O)C[C@H]1CC=CCCCCC(=O)O[C@H](c2ccccc2)CNC1=O. The number of amides is 2. The molecule has 1 aromatic carbocycles. The average molecular weight is 417 g/mol. The molecule has 0 aliphatic carbocycles. The lowest BCUT2D eigenvalue weighted by Gasteiger charge is -2.22. The van der Waals surface area contributed by atoms with Crippen molar-refractivity contribution in [2.75, 3.05) is 13.2 Å². The fourth-order valence-corrected chi connectivity index (χ4v) is 3.25. The lowest BCUT2D eigenvalue weighted by atomic mass is 9.98. The van der Waals surface area contributed by atoms with Crippen LogP contribution < -0.4 is 10.6 Å². The first-order valence-corrected chi connectivity index (χ1v) is 10.6. The van der Waals surface area contributed by atoms with Gasteiger partial charge >= 0.3 is 5.97 Å². The van der Waals surface area contributed by atoms with Gasteiger partial charge in [-0.1, -0.05) is 42.5 Å². The summed E-state index contributed by atoms with van der Waals surface area (Å²) >= 11 is 0. The minimum Gasteiger partial charge on any atom is -0.456 e. The molecule has 1 aromatic rings. The van der Waals surface area contributed by atoms with E-state index in [4.69, 9.17) is 9.84 Å². The van der Waals surface area contributed by atoms with Crippen LogP contribution in [0.1, 0.15) is 57.1 Å². The van der Waals surface area contributed by atoms with E-state index in [0.29, 0.717) is 12.8 Å². The van der Waals surface area contributed by atoms with Crippen molar-refractivity contribution in [3.05, 3.63) is 48.0 Å². The van der Waals surface area contributed by atoms with Gasteiger partial charge in [-0.25, -0.2) is 0 Å². The van der Waals surface area contributed by atoms with Gasteiger partial charge in [0.05, 0.1) is 19.1 Å². The second kappa shape index (κ2) is 12.8. The van der Waals surface area contributed by atoms with Crippen LogP contribution in [0.2, 0.25) is 0 Å². The number of carbonyl (C=O) groups is 3. The Morgan fingerprint density at radius 1 is 1.23 bits per heavy atom. The van der Waals surface area contributed by atoms with Gasteiger partial charge in [0.1, 0.15) is 6.10 Å². The van der Waals surface area contributed by atoms with E-state index in [2.05, 4.69) is 10.6 Å². The Morgan fingerprint density at radius 2 is 2.00 bits per heavy atom. The molecule has 2 rings (SSSR count). The third-order valence-electron chi connectivity index (χ3n) is 4.98. The summed E-state index contributed by atoms with van der Waals surface area (Å²) in [6, 6.07) is 8.94. The number of carbonyl (C=O) groups excluding carboxylic acids is 3. The minimum absolute atomic E-state index is 0.0241. The van der Waals surface area contributed by atoms with Crippen LogP contribution in [0.15, 0.2) is 42.5 Å². The largest absolute Gasteiger partial charge is 0.456 e. The Bertz CT molecular complexity index is 720. The summed E-state index contributed by atoms with van der Waals surface area (Å²) in [6.45, 7) is 1.68. The number of hydrogen-bond donors (Lipinski definition) is 3. The van der Waals surface area contributed by atoms with Crippen LogP contribution in [0, 0.1) is 5.92 Å². The minimum atomic E-state index is -0.579. The first kappa shape index (κ1) is 23.6. The van der Waals surface area contributed by atoms with E-state index < -0.39 is 12.0 Å². The van der Waals surface area contributed by atoms with Crippen molar-refractivity contribution in [2.24, 2.45) is 5.92 Å². The van der Waals surface area contributed by atoms with E-state index in [1.54, 1.807) is 6.92 Å². The summed E-state index contributed by atoms with van der Waals surface area (Å²) < 4.78 is 5.63. The van der Waals surface area contributed by atoms with Gasteiger partial charge in [0.2, 0.25) is 11.8 Å². The maximum atomic E-state index is 12.8. The number of aliphatic hydroxyl groups is 1. The highest BCUT2D eigenvalue weighted by molar-refractivity contribution is 5.86. The van der Waals surface area contributed by atoms with E-state index >= 15 is 0 Å². The van der Waals surface area contributed by atoms with Crippen molar-refractivity contribution >= 4 is 17.8 Å². The van der Waals surface area contributed by atoms with E-state index in [-0.39, 0.29) is 43.4 Å². The van der Waals surface area contributed by atoms with Gasteiger partial charge in [-0.15, -0.1) is 0 Å². The number of ether oxygens (including phenoxy) is 1. The van der Waals surface area contributed by atoms with Crippen molar-refractivity contribution < 1.29 is 24.2 Å². The van der Waals surface area contributed by atoms with Crippen LogP contribution in [0.3, 0.4) is 0 Å². The van der Waals surface area contributed by atoms with Gasteiger partial charge in [0.15, 0.2) is 0 Å². The maximum Gasteiger partial charge on any atom is 0.306 e. The Kier molecular flexibility index (Phi) is 10.1. The zero-order valence-corrected chi connectivity index (χ0v) is 17.5. The van der Waals surface area contributed by atoms with Crippen molar-refractivity contribution in [1.82, 2.24) is 10.6 Å². The molecule has 0 unspecified atom stereocenters.